The number of carboxylic acids is 1. The summed E-state index contributed by atoms with van der Waals surface area (Å²) in [5.74, 6) is -0.988. The fourth-order valence-corrected chi connectivity index (χ4v) is 4.39. The smallest absolute Gasteiger partial charge is 0.407 e. The van der Waals surface area contributed by atoms with Gasteiger partial charge in [0.05, 0.1) is 26.1 Å². The number of ether oxygens (including phenoxy) is 2. The van der Waals surface area contributed by atoms with Gasteiger partial charge in [0.1, 0.15) is 6.61 Å². The standard InChI is InChI=1S/C26H30N2O6/c29-24(28(18-9-10-18)14-11-25(30)31)12-15-33-16-13-27-26(32)34-17-23-21-7-3-1-5-19(21)20-6-2-4-8-22(20)23/h1-8,18,23H,9-17H2,(H,27,32)(H,30,31). The molecule has 1 saturated carbocycles. The van der Waals surface area contributed by atoms with Gasteiger partial charge in [-0.1, -0.05) is 48.5 Å². The van der Waals surface area contributed by atoms with Crippen LogP contribution in [0.3, 0.4) is 0 Å². The monoisotopic (exact) mass is 466 g/mol. The number of carboxylic acid groups (broad SMARTS) is 1. The third-order valence-corrected chi connectivity index (χ3v) is 6.19. The van der Waals surface area contributed by atoms with Gasteiger partial charge in [-0.05, 0) is 35.1 Å². The molecule has 0 atom stereocenters. The van der Waals surface area contributed by atoms with Crippen LogP contribution < -0.4 is 5.32 Å². The molecule has 0 heterocycles. The molecule has 2 N–H and O–H groups in total. The topological polar surface area (TPSA) is 105 Å². The lowest BCUT2D eigenvalue weighted by atomic mass is 9.98. The molecule has 0 saturated heterocycles. The summed E-state index contributed by atoms with van der Waals surface area (Å²) in [6, 6.07) is 16.5. The zero-order chi connectivity index (χ0) is 23.9. The van der Waals surface area contributed by atoms with Crippen molar-refractivity contribution >= 4 is 18.0 Å². The van der Waals surface area contributed by atoms with E-state index in [1.807, 2.05) is 24.3 Å². The van der Waals surface area contributed by atoms with E-state index in [9.17, 15) is 14.4 Å². The highest BCUT2D eigenvalue weighted by molar-refractivity contribution is 5.79. The summed E-state index contributed by atoms with van der Waals surface area (Å²) >= 11 is 0. The van der Waals surface area contributed by atoms with Gasteiger partial charge in [-0.3, -0.25) is 9.59 Å². The minimum Gasteiger partial charge on any atom is -0.481 e. The minimum absolute atomic E-state index is 0.0101. The Balaban J connectivity index is 1.13. The number of rotatable bonds is 12. The maximum Gasteiger partial charge on any atom is 0.407 e. The molecule has 1 fully saturated rings. The van der Waals surface area contributed by atoms with Crippen LogP contribution in [0.15, 0.2) is 48.5 Å². The number of benzene rings is 2. The van der Waals surface area contributed by atoms with Gasteiger partial charge in [-0.15, -0.1) is 0 Å². The number of fused-ring (bicyclic) bond motifs is 3. The van der Waals surface area contributed by atoms with Crippen LogP contribution in [0.2, 0.25) is 0 Å². The Morgan fingerprint density at radius 1 is 0.941 bits per heavy atom. The average molecular weight is 467 g/mol. The number of alkyl carbamates (subject to hydrolysis) is 1. The second-order valence-corrected chi connectivity index (χ2v) is 8.58. The Hall–Kier alpha value is -3.39. The van der Waals surface area contributed by atoms with Crippen molar-refractivity contribution in [1.29, 1.82) is 0 Å². The van der Waals surface area contributed by atoms with E-state index in [4.69, 9.17) is 14.6 Å². The molecule has 0 spiro atoms. The van der Waals surface area contributed by atoms with Crippen LogP contribution in [0.4, 0.5) is 4.79 Å². The summed E-state index contributed by atoms with van der Waals surface area (Å²) in [4.78, 5) is 36.9. The number of carbonyl (C=O) groups excluding carboxylic acids is 2. The molecule has 2 aromatic carbocycles. The summed E-state index contributed by atoms with van der Waals surface area (Å²) in [5, 5.41) is 11.5. The van der Waals surface area contributed by atoms with Crippen LogP contribution >= 0.6 is 0 Å². The Bertz CT molecular complexity index is 990. The molecule has 8 nitrogen and oxygen atoms in total. The van der Waals surface area contributed by atoms with Crippen molar-refractivity contribution in [3.05, 3.63) is 59.7 Å². The molecule has 0 aromatic heterocycles. The Kier molecular flexibility index (Phi) is 7.80. The quantitative estimate of drug-likeness (QED) is 0.465. The Morgan fingerprint density at radius 3 is 2.21 bits per heavy atom. The van der Waals surface area contributed by atoms with Crippen LogP contribution in [0, 0.1) is 0 Å². The molecule has 2 amide bonds. The molecule has 34 heavy (non-hydrogen) atoms. The molecular weight excluding hydrogens is 436 g/mol. The van der Waals surface area contributed by atoms with E-state index in [0.29, 0.717) is 0 Å². The van der Waals surface area contributed by atoms with E-state index in [-0.39, 0.29) is 63.6 Å². The summed E-state index contributed by atoms with van der Waals surface area (Å²) in [6.45, 7) is 1.25. The molecule has 2 aliphatic rings. The lowest BCUT2D eigenvalue weighted by Gasteiger charge is -2.21. The second kappa shape index (κ2) is 11.2. The third kappa shape index (κ3) is 5.94. The number of carbonyl (C=O) groups is 3. The molecule has 180 valence electrons. The van der Waals surface area contributed by atoms with Crippen LogP contribution in [-0.4, -0.2) is 66.9 Å². The van der Waals surface area contributed by atoms with Crippen LogP contribution in [0.1, 0.15) is 42.7 Å². The fourth-order valence-electron chi connectivity index (χ4n) is 4.39. The molecule has 0 aliphatic heterocycles. The van der Waals surface area contributed by atoms with Gasteiger partial charge in [0, 0.05) is 25.0 Å². The molecule has 0 bridgehead atoms. The first-order chi connectivity index (χ1) is 16.5. The fraction of sp³-hybridized carbons (Fsp3) is 0.423. The summed E-state index contributed by atoms with van der Waals surface area (Å²) in [5.41, 5.74) is 4.68. The lowest BCUT2D eigenvalue weighted by molar-refractivity contribution is -0.139. The Labute approximate surface area is 198 Å². The van der Waals surface area contributed by atoms with E-state index in [2.05, 4.69) is 29.6 Å². The van der Waals surface area contributed by atoms with E-state index < -0.39 is 12.1 Å². The van der Waals surface area contributed by atoms with Crippen molar-refractivity contribution in [1.82, 2.24) is 10.2 Å². The van der Waals surface area contributed by atoms with Crippen molar-refractivity contribution in [2.24, 2.45) is 0 Å². The molecule has 0 unspecified atom stereocenters. The maximum absolute atomic E-state index is 12.3. The predicted molar refractivity (Wildman–Crippen MR) is 125 cm³/mol. The van der Waals surface area contributed by atoms with Crippen molar-refractivity contribution in [2.75, 3.05) is 32.9 Å². The van der Waals surface area contributed by atoms with Crippen LogP contribution in [-0.2, 0) is 19.1 Å². The molecular formula is C26H30N2O6. The number of aliphatic carboxylic acids is 1. The van der Waals surface area contributed by atoms with Gasteiger partial charge < -0.3 is 24.8 Å². The van der Waals surface area contributed by atoms with Crippen LogP contribution in [0.5, 0.6) is 0 Å². The summed E-state index contributed by atoms with van der Waals surface area (Å²) < 4.78 is 10.9. The number of hydrogen-bond donors (Lipinski definition) is 2. The number of hydrogen-bond acceptors (Lipinski definition) is 5. The molecule has 2 aliphatic carbocycles. The highest BCUT2D eigenvalue weighted by atomic mass is 16.5. The largest absolute Gasteiger partial charge is 0.481 e. The summed E-state index contributed by atoms with van der Waals surface area (Å²) in [7, 11) is 0. The zero-order valence-corrected chi connectivity index (χ0v) is 19.1. The lowest BCUT2D eigenvalue weighted by Crippen LogP contribution is -2.35. The molecule has 0 radical (unpaired) electrons. The van der Waals surface area contributed by atoms with Gasteiger partial charge in [0.15, 0.2) is 0 Å². The SMILES string of the molecule is O=C(O)CCN(C(=O)CCOCCNC(=O)OCC1c2ccccc2-c2ccccc21)C1CC1. The number of nitrogens with zero attached hydrogens (tertiary/aromatic N) is 1. The van der Waals surface area contributed by atoms with E-state index in [1.54, 1.807) is 4.90 Å². The van der Waals surface area contributed by atoms with Gasteiger partial charge in [-0.25, -0.2) is 4.79 Å². The van der Waals surface area contributed by atoms with E-state index in [1.165, 1.54) is 11.1 Å². The molecule has 8 heteroatoms. The third-order valence-electron chi connectivity index (χ3n) is 6.19. The number of nitrogens with one attached hydrogen (secondary N) is 1. The van der Waals surface area contributed by atoms with Gasteiger partial charge in [-0.2, -0.15) is 0 Å². The normalized spacial score (nSPS) is 14.2. The summed E-state index contributed by atoms with van der Waals surface area (Å²) in [6.07, 6.45) is 1.50. The van der Waals surface area contributed by atoms with Gasteiger partial charge in [0.2, 0.25) is 5.91 Å². The predicted octanol–water partition coefficient (Wildman–Crippen LogP) is 3.40. The highest BCUT2D eigenvalue weighted by Gasteiger charge is 2.32. The average Bonchev–Trinajstić information content (AvgIpc) is 3.62. The van der Waals surface area contributed by atoms with Crippen molar-refractivity contribution < 1.29 is 29.0 Å². The number of amides is 2. The first kappa shape index (κ1) is 23.8. The highest BCUT2D eigenvalue weighted by Crippen LogP contribution is 2.44. The van der Waals surface area contributed by atoms with Crippen molar-refractivity contribution in [3.63, 3.8) is 0 Å². The van der Waals surface area contributed by atoms with E-state index in [0.717, 1.165) is 24.0 Å². The Morgan fingerprint density at radius 2 is 1.59 bits per heavy atom. The van der Waals surface area contributed by atoms with Crippen molar-refractivity contribution in [3.8, 4) is 11.1 Å². The zero-order valence-electron chi connectivity index (χ0n) is 19.1. The van der Waals surface area contributed by atoms with Crippen LogP contribution in [0.25, 0.3) is 11.1 Å². The molecule has 4 rings (SSSR count). The van der Waals surface area contributed by atoms with Crippen molar-refractivity contribution in [2.45, 2.75) is 37.6 Å². The first-order valence-electron chi connectivity index (χ1n) is 11.7. The van der Waals surface area contributed by atoms with E-state index >= 15 is 0 Å². The maximum atomic E-state index is 12.3. The van der Waals surface area contributed by atoms with Gasteiger partial charge >= 0.3 is 12.1 Å². The molecule has 2 aromatic rings. The van der Waals surface area contributed by atoms with Gasteiger partial charge in [0.25, 0.3) is 0 Å². The minimum atomic E-state index is -0.908. The second-order valence-electron chi connectivity index (χ2n) is 8.58. The first-order valence-corrected chi connectivity index (χ1v) is 11.7.